The molecule has 1 aliphatic carbocycles. The van der Waals surface area contributed by atoms with Gasteiger partial charge in [0.05, 0.1) is 4.92 Å². The minimum absolute atomic E-state index is 0.124. The normalized spacial score (nSPS) is 23.7. The van der Waals surface area contributed by atoms with Crippen molar-refractivity contribution in [2.45, 2.75) is 38.6 Å². The highest BCUT2D eigenvalue weighted by Gasteiger charge is 2.27. The minimum Gasteiger partial charge on any atom is -0.361 e. The Labute approximate surface area is 110 Å². The van der Waals surface area contributed by atoms with E-state index in [0.29, 0.717) is 5.92 Å². The molecule has 7 heteroatoms. The van der Waals surface area contributed by atoms with Gasteiger partial charge in [-0.3, -0.25) is 10.1 Å². The molecule has 2 rings (SSSR count). The Hall–Kier alpha value is -1.43. The van der Waals surface area contributed by atoms with Crippen LogP contribution in [0.15, 0.2) is 6.33 Å². The van der Waals surface area contributed by atoms with Crippen LogP contribution in [0, 0.1) is 16.0 Å². The highest BCUT2D eigenvalue weighted by Crippen LogP contribution is 2.32. The summed E-state index contributed by atoms with van der Waals surface area (Å²) in [5, 5.41) is 14.0. The molecule has 6 nitrogen and oxygen atoms in total. The molecule has 1 aromatic heterocycles. The number of nitro groups is 1. The van der Waals surface area contributed by atoms with Crippen molar-refractivity contribution >= 4 is 23.1 Å². The van der Waals surface area contributed by atoms with Crippen molar-refractivity contribution in [2.75, 3.05) is 5.32 Å². The molecule has 98 valence electrons. The van der Waals surface area contributed by atoms with Crippen LogP contribution in [0.25, 0.3) is 0 Å². The van der Waals surface area contributed by atoms with E-state index in [9.17, 15) is 10.1 Å². The van der Waals surface area contributed by atoms with Crippen molar-refractivity contribution in [2.24, 2.45) is 5.92 Å². The molecule has 0 radical (unpaired) electrons. The summed E-state index contributed by atoms with van der Waals surface area (Å²) in [5.41, 5.74) is -0.239. The van der Waals surface area contributed by atoms with Crippen molar-refractivity contribution in [1.82, 2.24) is 9.97 Å². The predicted molar refractivity (Wildman–Crippen MR) is 68.7 cm³/mol. The first-order chi connectivity index (χ1) is 8.59. The third-order valence-corrected chi connectivity index (χ3v) is 3.67. The van der Waals surface area contributed by atoms with Crippen LogP contribution in [0.3, 0.4) is 0 Å². The largest absolute Gasteiger partial charge is 0.361 e. The summed E-state index contributed by atoms with van der Waals surface area (Å²) < 4.78 is 0. The fraction of sp³-hybridized carbons (Fsp3) is 0.636. The third-order valence-electron chi connectivity index (χ3n) is 3.39. The van der Waals surface area contributed by atoms with Crippen LogP contribution in [-0.4, -0.2) is 20.9 Å². The first-order valence-corrected chi connectivity index (χ1v) is 6.39. The molecule has 0 aliphatic heterocycles. The van der Waals surface area contributed by atoms with E-state index in [0.717, 1.165) is 19.3 Å². The van der Waals surface area contributed by atoms with E-state index in [1.807, 2.05) is 0 Å². The Morgan fingerprint density at radius 3 is 2.83 bits per heavy atom. The summed E-state index contributed by atoms with van der Waals surface area (Å²) in [7, 11) is 0. The number of hydrogen-bond acceptors (Lipinski definition) is 5. The summed E-state index contributed by atoms with van der Waals surface area (Å²) >= 11 is 5.75. The van der Waals surface area contributed by atoms with E-state index in [1.54, 1.807) is 0 Å². The van der Waals surface area contributed by atoms with E-state index in [1.165, 1.54) is 12.7 Å². The van der Waals surface area contributed by atoms with Gasteiger partial charge >= 0.3 is 5.69 Å². The van der Waals surface area contributed by atoms with Crippen molar-refractivity contribution < 1.29 is 4.92 Å². The number of halogens is 1. The molecule has 18 heavy (non-hydrogen) atoms. The van der Waals surface area contributed by atoms with E-state index in [-0.39, 0.29) is 22.7 Å². The molecule has 1 aromatic rings. The highest BCUT2D eigenvalue weighted by atomic mass is 35.5. The van der Waals surface area contributed by atoms with Crippen LogP contribution in [0.1, 0.15) is 32.6 Å². The molecule has 2 atom stereocenters. The number of anilines is 1. The van der Waals surface area contributed by atoms with Gasteiger partial charge in [-0.1, -0.05) is 31.4 Å². The fourth-order valence-corrected chi connectivity index (χ4v) is 2.53. The summed E-state index contributed by atoms with van der Waals surface area (Å²) in [4.78, 5) is 18.0. The van der Waals surface area contributed by atoms with Gasteiger partial charge in [0.15, 0.2) is 0 Å². The Balaban J connectivity index is 2.23. The second kappa shape index (κ2) is 5.48. The summed E-state index contributed by atoms with van der Waals surface area (Å²) in [6.45, 7) is 2.14. The molecule has 0 amide bonds. The van der Waals surface area contributed by atoms with E-state index < -0.39 is 4.92 Å². The lowest BCUT2D eigenvalue weighted by molar-refractivity contribution is -0.384. The lowest BCUT2D eigenvalue weighted by Gasteiger charge is -2.29. The predicted octanol–water partition coefficient (Wildman–Crippen LogP) is 3.03. The van der Waals surface area contributed by atoms with Crippen LogP contribution in [0.2, 0.25) is 5.15 Å². The van der Waals surface area contributed by atoms with Crippen molar-refractivity contribution in [1.29, 1.82) is 0 Å². The summed E-state index contributed by atoms with van der Waals surface area (Å²) in [6.07, 6.45) is 5.72. The first kappa shape index (κ1) is 13.0. The van der Waals surface area contributed by atoms with Gasteiger partial charge in [0, 0.05) is 6.04 Å². The van der Waals surface area contributed by atoms with Gasteiger partial charge in [0.1, 0.15) is 6.33 Å². The van der Waals surface area contributed by atoms with Crippen LogP contribution in [0.5, 0.6) is 0 Å². The van der Waals surface area contributed by atoms with E-state index in [2.05, 4.69) is 22.2 Å². The van der Waals surface area contributed by atoms with Gasteiger partial charge in [-0.25, -0.2) is 9.97 Å². The number of nitrogens with zero attached hydrogens (tertiary/aromatic N) is 3. The zero-order valence-electron chi connectivity index (χ0n) is 10.1. The topological polar surface area (TPSA) is 81.0 Å². The molecule has 1 heterocycles. The zero-order valence-corrected chi connectivity index (χ0v) is 10.9. The number of aromatic nitrogens is 2. The van der Waals surface area contributed by atoms with Crippen LogP contribution in [-0.2, 0) is 0 Å². The molecule has 0 bridgehead atoms. The van der Waals surface area contributed by atoms with E-state index >= 15 is 0 Å². The Morgan fingerprint density at radius 1 is 1.44 bits per heavy atom. The Kier molecular flexibility index (Phi) is 3.96. The molecular weight excluding hydrogens is 256 g/mol. The molecule has 1 saturated carbocycles. The fourth-order valence-electron chi connectivity index (χ4n) is 2.33. The third kappa shape index (κ3) is 2.69. The number of nitrogens with one attached hydrogen (secondary N) is 1. The zero-order chi connectivity index (χ0) is 13.1. The lowest BCUT2D eigenvalue weighted by Crippen LogP contribution is -2.31. The second-order valence-electron chi connectivity index (χ2n) is 4.63. The summed E-state index contributed by atoms with van der Waals surface area (Å²) in [6, 6.07) is 0.211. The lowest BCUT2D eigenvalue weighted by atomic mass is 9.86. The van der Waals surface area contributed by atoms with Gasteiger partial charge in [-0.2, -0.15) is 0 Å². The van der Waals surface area contributed by atoms with Gasteiger partial charge in [-0.05, 0) is 18.8 Å². The maximum Gasteiger partial charge on any atom is 0.348 e. The molecule has 2 unspecified atom stereocenters. The quantitative estimate of drug-likeness (QED) is 0.519. The van der Waals surface area contributed by atoms with Crippen LogP contribution >= 0.6 is 11.6 Å². The van der Waals surface area contributed by atoms with Gasteiger partial charge in [-0.15, -0.1) is 0 Å². The van der Waals surface area contributed by atoms with Crippen LogP contribution in [0.4, 0.5) is 11.5 Å². The van der Waals surface area contributed by atoms with E-state index in [4.69, 9.17) is 11.6 Å². The molecule has 1 N–H and O–H groups in total. The molecule has 1 aliphatic rings. The standard InChI is InChI=1S/C11H15ClN4O2/c1-7-4-2-3-5-8(7)15-11-9(16(17)18)10(12)13-6-14-11/h6-8H,2-5H2,1H3,(H,13,14,15). The SMILES string of the molecule is CC1CCCCC1Nc1ncnc(Cl)c1[N+](=O)[O-]. The number of rotatable bonds is 3. The second-order valence-corrected chi connectivity index (χ2v) is 4.99. The molecule has 0 aromatic carbocycles. The highest BCUT2D eigenvalue weighted by molar-refractivity contribution is 6.31. The van der Waals surface area contributed by atoms with Crippen molar-refractivity contribution in [3.63, 3.8) is 0 Å². The Bertz CT molecular complexity index is 455. The van der Waals surface area contributed by atoms with Gasteiger partial charge in [0.25, 0.3) is 0 Å². The average Bonchev–Trinajstić information content (AvgIpc) is 2.31. The average molecular weight is 271 g/mol. The van der Waals surface area contributed by atoms with Crippen LogP contribution < -0.4 is 5.32 Å². The van der Waals surface area contributed by atoms with Gasteiger partial charge < -0.3 is 5.32 Å². The Morgan fingerprint density at radius 2 is 2.17 bits per heavy atom. The van der Waals surface area contributed by atoms with Crippen molar-refractivity contribution in [3.8, 4) is 0 Å². The van der Waals surface area contributed by atoms with Gasteiger partial charge in [0.2, 0.25) is 11.0 Å². The monoisotopic (exact) mass is 270 g/mol. The molecular formula is C11H15ClN4O2. The molecule has 1 fully saturated rings. The first-order valence-electron chi connectivity index (χ1n) is 6.01. The maximum atomic E-state index is 11.0. The smallest absolute Gasteiger partial charge is 0.348 e. The molecule has 0 spiro atoms. The summed E-state index contributed by atoms with van der Waals surface area (Å²) in [5.74, 6) is 0.700. The molecule has 0 saturated heterocycles. The maximum absolute atomic E-state index is 11.0. The minimum atomic E-state index is -0.543. The van der Waals surface area contributed by atoms with Crippen molar-refractivity contribution in [3.05, 3.63) is 21.6 Å². The number of hydrogen-bond donors (Lipinski definition) is 1.